The van der Waals surface area contributed by atoms with Gasteiger partial charge in [-0.05, 0) is 25.7 Å². The molecule has 0 saturated heterocycles. The zero-order valence-corrected chi connectivity index (χ0v) is 12.7. The fourth-order valence-corrected chi connectivity index (χ4v) is 2.63. The average molecular weight is 292 g/mol. The number of aliphatic hydroxyl groups is 2. The van der Waals surface area contributed by atoms with E-state index in [1.807, 2.05) is 60.7 Å². The molecule has 1 aliphatic rings. The van der Waals surface area contributed by atoms with Crippen LogP contribution in [0, 0.1) is 17.8 Å². The molecule has 1 saturated carbocycles. The molecule has 1 fully saturated rings. The molecule has 0 radical (unpaired) electrons. The van der Waals surface area contributed by atoms with Crippen LogP contribution < -0.4 is 0 Å². The summed E-state index contributed by atoms with van der Waals surface area (Å²) < 4.78 is 0. The second kappa shape index (κ2) is 5.61. The van der Waals surface area contributed by atoms with Gasteiger partial charge in [-0.3, -0.25) is 0 Å². The van der Waals surface area contributed by atoms with Crippen molar-refractivity contribution < 1.29 is 10.2 Å². The van der Waals surface area contributed by atoms with Gasteiger partial charge < -0.3 is 10.2 Å². The molecule has 1 aliphatic carbocycles. The van der Waals surface area contributed by atoms with E-state index in [2.05, 4.69) is 11.8 Å². The SMILES string of the molecule is C[C@@](O)(C#CC(O)(c1ccccc1)c1ccccc1)C1CC1. The monoisotopic (exact) mass is 292 g/mol. The summed E-state index contributed by atoms with van der Waals surface area (Å²) in [5.41, 5.74) is -1.04. The molecule has 1 atom stereocenters. The third-order valence-corrected chi connectivity index (χ3v) is 4.25. The lowest BCUT2D eigenvalue weighted by Crippen LogP contribution is -2.29. The minimum absolute atomic E-state index is 0.218. The van der Waals surface area contributed by atoms with Gasteiger partial charge in [-0.2, -0.15) is 0 Å². The maximum atomic E-state index is 11.2. The van der Waals surface area contributed by atoms with Gasteiger partial charge in [0.15, 0.2) is 5.60 Å². The largest absolute Gasteiger partial charge is 0.378 e. The Morgan fingerprint density at radius 2 is 1.27 bits per heavy atom. The van der Waals surface area contributed by atoms with Gasteiger partial charge in [0.05, 0.1) is 0 Å². The maximum Gasteiger partial charge on any atom is 0.176 e. The lowest BCUT2D eigenvalue weighted by Gasteiger charge is -2.25. The van der Waals surface area contributed by atoms with Crippen LogP contribution in [0.25, 0.3) is 0 Å². The Balaban J connectivity index is 2.06. The Kier molecular flexibility index (Phi) is 3.78. The topological polar surface area (TPSA) is 40.5 Å². The van der Waals surface area contributed by atoms with Gasteiger partial charge in [0.2, 0.25) is 0 Å². The lowest BCUT2D eigenvalue weighted by molar-refractivity contribution is 0.0952. The van der Waals surface area contributed by atoms with E-state index >= 15 is 0 Å². The van der Waals surface area contributed by atoms with Crippen molar-refractivity contribution in [3.05, 3.63) is 71.8 Å². The highest BCUT2D eigenvalue weighted by Gasteiger charge is 2.39. The summed E-state index contributed by atoms with van der Waals surface area (Å²) >= 11 is 0. The minimum atomic E-state index is -1.42. The van der Waals surface area contributed by atoms with E-state index in [1.165, 1.54) is 0 Å². The van der Waals surface area contributed by atoms with Crippen LogP contribution in [-0.4, -0.2) is 15.8 Å². The summed E-state index contributed by atoms with van der Waals surface area (Å²) in [7, 11) is 0. The minimum Gasteiger partial charge on any atom is -0.378 e. The van der Waals surface area contributed by atoms with Gasteiger partial charge in [0.1, 0.15) is 5.60 Å². The molecule has 0 amide bonds. The Hall–Kier alpha value is -2.08. The van der Waals surface area contributed by atoms with E-state index in [4.69, 9.17) is 0 Å². The Morgan fingerprint density at radius 1 is 0.818 bits per heavy atom. The smallest absolute Gasteiger partial charge is 0.176 e. The highest BCUT2D eigenvalue weighted by Crippen LogP contribution is 2.39. The van der Waals surface area contributed by atoms with Crippen LogP contribution in [0.5, 0.6) is 0 Å². The van der Waals surface area contributed by atoms with Crippen molar-refractivity contribution in [1.29, 1.82) is 0 Å². The van der Waals surface area contributed by atoms with Crippen molar-refractivity contribution in [1.82, 2.24) is 0 Å². The first-order chi connectivity index (χ1) is 10.5. The van der Waals surface area contributed by atoms with Crippen molar-refractivity contribution >= 4 is 0 Å². The molecule has 0 spiro atoms. The molecule has 0 aromatic heterocycles. The van der Waals surface area contributed by atoms with Crippen molar-refractivity contribution in [2.24, 2.45) is 5.92 Å². The van der Waals surface area contributed by atoms with Crippen LogP contribution >= 0.6 is 0 Å². The van der Waals surface area contributed by atoms with E-state index in [0.29, 0.717) is 11.1 Å². The first-order valence-electron chi connectivity index (χ1n) is 7.62. The quantitative estimate of drug-likeness (QED) is 0.854. The van der Waals surface area contributed by atoms with Crippen molar-refractivity contribution in [2.75, 3.05) is 0 Å². The van der Waals surface area contributed by atoms with Crippen LogP contribution in [0.1, 0.15) is 30.9 Å². The van der Waals surface area contributed by atoms with Crippen molar-refractivity contribution in [2.45, 2.75) is 31.0 Å². The van der Waals surface area contributed by atoms with Crippen LogP contribution in [0.3, 0.4) is 0 Å². The summed E-state index contributed by atoms with van der Waals surface area (Å²) in [5.74, 6) is 6.08. The first-order valence-corrected chi connectivity index (χ1v) is 7.62. The van der Waals surface area contributed by atoms with E-state index in [9.17, 15) is 10.2 Å². The normalized spacial score (nSPS) is 17.2. The number of rotatable bonds is 3. The zero-order chi connectivity index (χ0) is 15.6. The van der Waals surface area contributed by atoms with Crippen LogP contribution in [0.4, 0.5) is 0 Å². The van der Waals surface area contributed by atoms with Crippen molar-refractivity contribution in [3.63, 3.8) is 0 Å². The van der Waals surface area contributed by atoms with E-state index in [1.54, 1.807) is 6.92 Å². The maximum absolute atomic E-state index is 11.2. The summed E-state index contributed by atoms with van der Waals surface area (Å²) in [6, 6.07) is 18.7. The third kappa shape index (κ3) is 2.92. The molecule has 0 unspecified atom stereocenters. The molecule has 2 N–H and O–H groups in total. The van der Waals surface area contributed by atoms with Gasteiger partial charge in [-0.1, -0.05) is 72.5 Å². The Bertz CT molecular complexity index is 649. The summed E-state index contributed by atoms with van der Waals surface area (Å²) in [6.45, 7) is 1.73. The molecule has 2 nitrogen and oxygen atoms in total. The van der Waals surface area contributed by atoms with Gasteiger partial charge in [-0.15, -0.1) is 0 Å². The highest BCUT2D eigenvalue weighted by atomic mass is 16.3. The van der Waals surface area contributed by atoms with Crippen LogP contribution in [0.2, 0.25) is 0 Å². The van der Waals surface area contributed by atoms with Gasteiger partial charge in [0.25, 0.3) is 0 Å². The summed E-state index contributed by atoms with van der Waals surface area (Å²) in [4.78, 5) is 0. The fourth-order valence-electron chi connectivity index (χ4n) is 2.63. The predicted octanol–water partition coefficient (Wildman–Crippen LogP) is 3.09. The molecule has 2 aromatic rings. The highest BCUT2D eigenvalue weighted by molar-refractivity contribution is 5.45. The molecule has 0 bridgehead atoms. The summed E-state index contributed by atoms with van der Waals surface area (Å²) in [5, 5.41) is 21.7. The Morgan fingerprint density at radius 3 is 1.68 bits per heavy atom. The summed E-state index contributed by atoms with van der Waals surface area (Å²) in [6.07, 6.45) is 1.99. The predicted molar refractivity (Wildman–Crippen MR) is 87.0 cm³/mol. The lowest BCUT2D eigenvalue weighted by atomic mass is 9.86. The van der Waals surface area contributed by atoms with Crippen molar-refractivity contribution in [3.8, 4) is 11.8 Å². The average Bonchev–Trinajstić information content (AvgIpc) is 3.40. The fraction of sp³-hybridized carbons (Fsp3) is 0.300. The molecule has 22 heavy (non-hydrogen) atoms. The van der Waals surface area contributed by atoms with Gasteiger partial charge in [-0.25, -0.2) is 0 Å². The second-order valence-electron chi connectivity index (χ2n) is 6.11. The molecule has 0 aliphatic heterocycles. The molecule has 112 valence electrons. The molecule has 0 heterocycles. The van der Waals surface area contributed by atoms with Gasteiger partial charge in [0, 0.05) is 11.1 Å². The molecule has 2 aromatic carbocycles. The molecule has 3 rings (SSSR count). The van der Waals surface area contributed by atoms with E-state index in [0.717, 1.165) is 12.8 Å². The molecular formula is C20H20O2. The van der Waals surface area contributed by atoms with Crippen LogP contribution in [-0.2, 0) is 5.60 Å². The zero-order valence-electron chi connectivity index (χ0n) is 12.7. The molecule has 2 heteroatoms. The number of benzene rings is 2. The standard InChI is InChI=1S/C20H20O2/c1-19(21,16-12-13-16)14-15-20(22,17-8-4-2-5-9-17)18-10-6-3-7-11-18/h2-11,16,21-22H,12-13H2,1H3/t19-/m1/s1. The molecular weight excluding hydrogens is 272 g/mol. The van der Waals surface area contributed by atoms with Gasteiger partial charge >= 0.3 is 0 Å². The second-order valence-corrected chi connectivity index (χ2v) is 6.11. The number of hydrogen-bond acceptors (Lipinski definition) is 2. The first kappa shape index (κ1) is 14.8. The Labute approximate surface area is 131 Å². The third-order valence-electron chi connectivity index (χ3n) is 4.25. The van der Waals surface area contributed by atoms with Crippen LogP contribution in [0.15, 0.2) is 60.7 Å². The van der Waals surface area contributed by atoms with E-state index < -0.39 is 11.2 Å². The number of hydrogen-bond donors (Lipinski definition) is 2. The van der Waals surface area contributed by atoms with E-state index in [-0.39, 0.29) is 5.92 Å².